The van der Waals surface area contributed by atoms with Crippen LogP contribution in [0.5, 0.6) is 0 Å². The first kappa shape index (κ1) is 19.4. The zero-order chi connectivity index (χ0) is 19.4. The van der Waals surface area contributed by atoms with E-state index in [9.17, 15) is 13.2 Å². The van der Waals surface area contributed by atoms with Crippen LogP contribution in [0.3, 0.4) is 0 Å². The van der Waals surface area contributed by atoms with Gasteiger partial charge in [-0.05, 0) is 36.2 Å². The largest absolute Gasteiger partial charge is 0.362 e. The van der Waals surface area contributed by atoms with Crippen LogP contribution in [-0.2, 0) is 21.2 Å². The van der Waals surface area contributed by atoms with E-state index in [0.717, 1.165) is 18.7 Å². The molecule has 0 saturated carbocycles. The highest BCUT2D eigenvalue weighted by Gasteiger charge is 2.23. The normalized spacial score (nSPS) is 13.7. The quantitative estimate of drug-likeness (QED) is 0.793. The van der Waals surface area contributed by atoms with E-state index in [1.54, 1.807) is 32.0 Å². The van der Waals surface area contributed by atoms with Crippen molar-refractivity contribution in [2.45, 2.75) is 25.2 Å². The molecule has 0 fully saturated rings. The fourth-order valence-corrected chi connectivity index (χ4v) is 4.90. The van der Waals surface area contributed by atoms with Gasteiger partial charge in [0.15, 0.2) is 0 Å². The molecule has 7 heteroatoms. The summed E-state index contributed by atoms with van der Waals surface area (Å²) in [6, 6.07) is 14.5. The molecule has 1 heterocycles. The summed E-state index contributed by atoms with van der Waals surface area (Å²) in [6.07, 6.45) is 0.932. The summed E-state index contributed by atoms with van der Waals surface area (Å²) in [6.45, 7) is 5.47. The Bertz CT molecular complexity index is 924. The van der Waals surface area contributed by atoms with Crippen LogP contribution in [0.1, 0.15) is 19.4 Å². The van der Waals surface area contributed by atoms with Crippen LogP contribution >= 0.6 is 0 Å². The predicted octanol–water partition coefficient (Wildman–Crippen LogP) is 2.72. The van der Waals surface area contributed by atoms with Crippen molar-refractivity contribution < 1.29 is 13.2 Å². The SMILES string of the molecule is CCN(CC)S(=O)(=O)c1cccc(NC(=O)CN2CCc3ccccc32)c1. The molecular formula is C20H25N3O3S. The van der Waals surface area contributed by atoms with Gasteiger partial charge in [-0.3, -0.25) is 4.79 Å². The van der Waals surface area contributed by atoms with E-state index in [1.165, 1.54) is 15.9 Å². The number of nitrogens with one attached hydrogen (secondary N) is 1. The third-order valence-corrected chi connectivity index (χ3v) is 6.82. The maximum Gasteiger partial charge on any atom is 0.243 e. The molecule has 1 N–H and O–H groups in total. The van der Waals surface area contributed by atoms with Crippen LogP contribution in [0.15, 0.2) is 53.4 Å². The molecule has 0 saturated heterocycles. The Morgan fingerprint density at radius 3 is 2.59 bits per heavy atom. The second kappa shape index (κ2) is 8.10. The van der Waals surface area contributed by atoms with Crippen LogP contribution < -0.4 is 10.2 Å². The molecule has 144 valence electrons. The smallest absolute Gasteiger partial charge is 0.243 e. The number of carbonyl (C=O) groups excluding carboxylic acids is 1. The van der Waals surface area contributed by atoms with Crippen molar-refractivity contribution in [2.75, 3.05) is 36.4 Å². The summed E-state index contributed by atoms with van der Waals surface area (Å²) in [4.78, 5) is 14.7. The molecule has 2 aromatic carbocycles. The average Bonchev–Trinajstić information content (AvgIpc) is 3.05. The molecule has 0 atom stereocenters. The van der Waals surface area contributed by atoms with Crippen molar-refractivity contribution in [2.24, 2.45) is 0 Å². The van der Waals surface area contributed by atoms with Gasteiger partial charge in [0.2, 0.25) is 15.9 Å². The molecular weight excluding hydrogens is 362 g/mol. The number of rotatable bonds is 7. The lowest BCUT2D eigenvalue weighted by Crippen LogP contribution is -2.32. The molecule has 0 bridgehead atoms. The highest BCUT2D eigenvalue weighted by Crippen LogP contribution is 2.27. The molecule has 3 rings (SSSR count). The van der Waals surface area contributed by atoms with Gasteiger partial charge >= 0.3 is 0 Å². The third-order valence-electron chi connectivity index (χ3n) is 4.78. The zero-order valence-electron chi connectivity index (χ0n) is 15.7. The van der Waals surface area contributed by atoms with E-state index in [-0.39, 0.29) is 17.3 Å². The number of nitrogens with zero attached hydrogens (tertiary/aromatic N) is 2. The number of fused-ring (bicyclic) bond motifs is 1. The van der Waals surface area contributed by atoms with E-state index in [1.807, 2.05) is 23.1 Å². The van der Waals surface area contributed by atoms with Crippen LogP contribution in [0.2, 0.25) is 0 Å². The van der Waals surface area contributed by atoms with Gasteiger partial charge in [-0.2, -0.15) is 4.31 Å². The first-order chi connectivity index (χ1) is 13.0. The van der Waals surface area contributed by atoms with E-state index in [2.05, 4.69) is 11.4 Å². The monoisotopic (exact) mass is 387 g/mol. The summed E-state index contributed by atoms with van der Waals surface area (Å²) >= 11 is 0. The van der Waals surface area contributed by atoms with E-state index >= 15 is 0 Å². The number of benzene rings is 2. The lowest BCUT2D eigenvalue weighted by atomic mass is 10.2. The van der Waals surface area contributed by atoms with Crippen LogP contribution in [0.25, 0.3) is 0 Å². The van der Waals surface area contributed by atoms with E-state index < -0.39 is 10.0 Å². The number of anilines is 2. The van der Waals surface area contributed by atoms with Crippen LogP contribution in [0, 0.1) is 0 Å². The molecule has 0 spiro atoms. The second-order valence-electron chi connectivity index (χ2n) is 6.47. The van der Waals surface area contributed by atoms with Crippen LogP contribution in [-0.4, -0.2) is 44.8 Å². The highest BCUT2D eigenvalue weighted by molar-refractivity contribution is 7.89. The highest BCUT2D eigenvalue weighted by atomic mass is 32.2. The summed E-state index contributed by atoms with van der Waals surface area (Å²) < 4.78 is 26.7. The summed E-state index contributed by atoms with van der Waals surface area (Å²) in [5, 5.41) is 2.82. The predicted molar refractivity (Wildman–Crippen MR) is 108 cm³/mol. The first-order valence-corrected chi connectivity index (χ1v) is 10.6. The molecule has 27 heavy (non-hydrogen) atoms. The summed E-state index contributed by atoms with van der Waals surface area (Å²) in [5.74, 6) is -0.163. The van der Waals surface area contributed by atoms with E-state index in [0.29, 0.717) is 18.8 Å². The minimum absolute atomic E-state index is 0.163. The molecule has 2 aromatic rings. The van der Waals surface area contributed by atoms with Gasteiger partial charge in [0.25, 0.3) is 0 Å². The zero-order valence-corrected chi connectivity index (χ0v) is 16.5. The van der Waals surface area contributed by atoms with Crippen molar-refractivity contribution in [3.05, 3.63) is 54.1 Å². The third kappa shape index (κ3) is 4.14. The first-order valence-electron chi connectivity index (χ1n) is 9.18. The fourth-order valence-electron chi connectivity index (χ4n) is 3.39. The van der Waals surface area contributed by atoms with E-state index in [4.69, 9.17) is 0 Å². The Morgan fingerprint density at radius 1 is 1.11 bits per heavy atom. The fraction of sp³-hybridized carbons (Fsp3) is 0.350. The second-order valence-corrected chi connectivity index (χ2v) is 8.40. The Balaban J connectivity index is 1.71. The van der Waals surface area contributed by atoms with Crippen molar-refractivity contribution in [3.8, 4) is 0 Å². The molecule has 0 radical (unpaired) electrons. The summed E-state index contributed by atoms with van der Waals surface area (Å²) in [5.41, 5.74) is 2.82. The Labute approximate surface area is 160 Å². The van der Waals surface area contributed by atoms with Crippen molar-refractivity contribution >= 4 is 27.3 Å². The molecule has 1 aliphatic rings. The van der Waals surface area contributed by atoms with Gasteiger partial charge in [-0.1, -0.05) is 38.1 Å². The Hall–Kier alpha value is -2.38. The van der Waals surface area contributed by atoms with Crippen molar-refractivity contribution in [3.63, 3.8) is 0 Å². The topological polar surface area (TPSA) is 69.7 Å². The Kier molecular flexibility index (Phi) is 5.82. The number of hydrogen-bond acceptors (Lipinski definition) is 4. The van der Waals surface area contributed by atoms with Gasteiger partial charge < -0.3 is 10.2 Å². The lowest BCUT2D eigenvalue weighted by Gasteiger charge is -2.20. The van der Waals surface area contributed by atoms with Crippen LogP contribution in [0.4, 0.5) is 11.4 Å². The van der Waals surface area contributed by atoms with Gasteiger partial charge in [-0.25, -0.2) is 8.42 Å². The molecule has 0 unspecified atom stereocenters. The number of sulfonamides is 1. The molecule has 0 aromatic heterocycles. The molecule has 1 amide bonds. The number of para-hydroxylation sites is 1. The number of hydrogen-bond donors (Lipinski definition) is 1. The van der Waals surface area contributed by atoms with Gasteiger partial charge in [0.1, 0.15) is 0 Å². The van der Waals surface area contributed by atoms with Crippen molar-refractivity contribution in [1.82, 2.24) is 4.31 Å². The van der Waals surface area contributed by atoms with Gasteiger partial charge in [-0.15, -0.1) is 0 Å². The average molecular weight is 388 g/mol. The number of carbonyl (C=O) groups is 1. The minimum Gasteiger partial charge on any atom is -0.362 e. The Morgan fingerprint density at radius 2 is 1.85 bits per heavy atom. The number of amides is 1. The van der Waals surface area contributed by atoms with Gasteiger partial charge in [0.05, 0.1) is 11.4 Å². The standard InChI is InChI=1S/C20H25N3O3S/c1-3-23(4-2)27(25,26)18-10-7-9-17(14-18)21-20(24)15-22-13-12-16-8-5-6-11-19(16)22/h5-11,14H,3-4,12-13,15H2,1-2H3,(H,21,24). The van der Waals surface area contributed by atoms with Gasteiger partial charge in [0, 0.05) is 31.0 Å². The van der Waals surface area contributed by atoms with Crippen molar-refractivity contribution in [1.29, 1.82) is 0 Å². The lowest BCUT2D eigenvalue weighted by molar-refractivity contribution is -0.115. The maximum absolute atomic E-state index is 12.7. The molecule has 6 nitrogen and oxygen atoms in total. The minimum atomic E-state index is -3.55. The summed E-state index contributed by atoms with van der Waals surface area (Å²) in [7, 11) is -3.55. The molecule has 1 aliphatic heterocycles. The maximum atomic E-state index is 12.7. The molecule has 0 aliphatic carbocycles.